The molecule has 28 heavy (non-hydrogen) atoms. The van der Waals surface area contributed by atoms with Crippen LogP contribution >= 0.6 is 11.8 Å². The van der Waals surface area contributed by atoms with Gasteiger partial charge in [-0.1, -0.05) is 18.7 Å². The van der Waals surface area contributed by atoms with Gasteiger partial charge in [-0.05, 0) is 36.9 Å². The summed E-state index contributed by atoms with van der Waals surface area (Å²) < 4.78 is 10.3. The van der Waals surface area contributed by atoms with E-state index in [1.54, 1.807) is 14.0 Å². The molecule has 2 aromatic heterocycles. The number of ether oxygens (including phenoxy) is 2. The number of thioether (sulfide) groups is 1. The van der Waals surface area contributed by atoms with Crippen molar-refractivity contribution in [3.63, 3.8) is 0 Å². The molecule has 0 atom stereocenters. The summed E-state index contributed by atoms with van der Waals surface area (Å²) in [7, 11) is 1.60. The number of carbonyl (C=O) groups excluding carboxylic acids is 1. The number of esters is 1. The van der Waals surface area contributed by atoms with E-state index in [2.05, 4.69) is 30.5 Å². The zero-order valence-corrected chi connectivity index (χ0v) is 16.5. The Morgan fingerprint density at radius 2 is 2.00 bits per heavy atom. The summed E-state index contributed by atoms with van der Waals surface area (Å²) in [5.74, 6) is 2.16. The van der Waals surface area contributed by atoms with Crippen molar-refractivity contribution in [3.05, 3.63) is 36.0 Å². The van der Waals surface area contributed by atoms with Crippen molar-refractivity contribution in [2.75, 3.05) is 24.8 Å². The molecule has 0 bridgehead atoms. The van der Waals surface area contributed by atoms with Crippen LogP contribution in [0.15, 0.2) is 35.6 Å². The minimum absolute atomic E-state index is 0.209. The second kappa shape index (κ2) is 9.18. The van der Waals surface area contributed by atoms with Gasteiger partial charge in [-0.3, -0.25) is 0 Å². The van der Waals surface area contributed by atoms with Crippen LogP contribution < -0.4 is 10.1 Å². The average molecular weight is 400 g/mol. The highest BCUT2D eigenvalue weighted by atomic mass is 32.2. The van der Waals surface area contributed by atoms with Crippen LogP contribution in [0.5, 0.6) is 5.75 Å². The van der Waals surface area contributed by atoms with Crippen LogP contribution in [0.3, 0.4) is 0 Å². The number of nitrogens with zero attached hydrogens (tertiary/aromatic N) is 4. The molecular weight excluding hydrogens is 380 g/mol. The summed E-state index contributed by atoms with van der Waals surface area (Å²) in [4.78, 5) is 25.4. The Labute approximate surface area is 166 Å². The van der Waals surface area contributed by atoms with E-state index in [0.717, 1.165) is 17.1 Å². The van der Waals surface area contributed by atoms with Gasteiger partial charge in [-0.2, -0.15) is 4.98 Å². The molecule has 1 aromatic carbocycles. The van der Waals surface area contributed by atoms with Gasteiger partial charge < -0.3 is 14.8 Å². The molecule has 0 saturated carbocycles. The molecule has 0 saturated heterocycles. The van der Waals surface area contributed by atoms with Crippen molar-refractivity contribution in [1.29, 1.82) is 0 Å². The van der Waals surface area contributed by atoms with Crippen molar-refractivity contribution >= 4 is 29.5 Å². The van der Waals surface area contributed by atoms with Crippen LogP contribution in [0.2, 0.25) is 0 Å². The highest BCUT2D eigenvalue weighted by Gasteiger charge is 2.18. The van der Waals surface area contributed by atoms with Gasteiger partial charge in [0.15, 0.2) is 11.6 Å². The predicted molar refractivity (Wildman–Crippen MR) is 106 cm³/mol. The molecule has 10 heteroatoms. The third kappa shape index (κ3) is 4.58. The SMILES string of the molecule is CCOC(=O)c1cnc(-c2ccc(OC)cc2)nc1Nc1nc(SCC)n[nH]1. The Balaban J connectivity index is 1.95. The minimum Gasteiger partial charge on any atom is -0.497 e. The quantitative estimate of drug-likeness (QED) is 0.434. The standard InChI is InChI=1S/C18H20N6O3S/c1-4-27-16(25)13-10-19-14(11-6-8-12(26-3)9-7-11)20-15(13)21-17-22-18(24-23-17)28-5-2/h6-10H,4-5H2,1-3H3,(H2,19,20,21,22,23,24). The first kappa shape index (κ1) is 19.6. The van der Waals surface area contributed by atoms with Gasteiger partial charge in [0.25, 0.3) is 0 Å². The average Bonchev–Trinajstić information content (AvgIpc) is 3.15. The van der Waals surface area contributed by atoms with E-state index in [-0.39, 0.29) is 18.0 Å². The zero-order chi connectivity index (χ0) is 19.9. The van der Waals surface area contributed by atoms with Gasteiger partial charge in [0.2, 0.25) is 11.1 Å². The maximum absolute atomic E-state index is 12.3. The number of carbonyl (C=O) groups is 1. The number of rotatable bonds is 8. The maximum Gasteiger partial charge on any atom is 0.343 e. The molecule has 0 unspecified atom stereocenters. The lowest BCUT2D eigenvalue weighted by atomic mass is 10.2. The van der Waals surface area contributed by atoms with E-state index < -0.39 is 5.97 Å². The molecule has 2 heterocycles. The number of H-pyrrole nitrogens is 1. The fourth-order valence-corrected chi connectivity index (χ4v) is 2.85. The number of hydrogen-bond acceptors (Lipinski definition) is 9. The molecule has 3 rings (SSSR count). The third-order valence-corrected chi connectivity index (χ3v) is 4.34. The van der Waals surface area contributed by atoms with Crippen LogP contribution in [0.4, 0.5) is 11.8 Å². The Bertz CT molecular complexity index is 945. The van der Waals surface area contributed by atoms with E-state index >= 15 is 0 Å². The molecule has 0 amide bonds. The van der Waals surface area contributed by atoms with Gasteiger partial charge in [0, 0.05) is 11.8 Å². The molecule has 0 spiro atoms. The van der Waals surface area contributed by atoms with Gasteiger partial charge in [0.1, 0.15) is 11.3 Å². The van der Waals surface area contributed by atoms with Gasteiger partial charge in [-0.25, -0.2) is 19.9 Å². The number of aromatic amines is 1. The van der Waals surface area contributed by atoms with Crippen LogP contribution in [0, 0.1) is 0 Å². The van der Waals surface area contributed by atoms with Gasteiger partial charge in [-0.15, -0.1) is 5.10 Å². The van der Waals surface area contributed by atoms with Crippen LogP contribution in [0.25, 0.3) is 11.4 Å². The Kier molecular flexibility index (Phi) is 6.43. The maximum atomic E-state index is 12.3. The van der Waals surface area contributed by atoms with Crippen LogP contribution in [-0.2, 0) is 4.74 Å². The number of methoxy groups -OCH3 is 1. The third-order valence-electron chi connectivity index (χ3n) is 3.61. The molecule has 9 nitrogen and oxygen atoms in total. The first-order valence-electron chi connectivity index (χ1n) is 8.65. The Hall–Kier alpha value is -3.14. The van der Waals surface area contributed by atoms with Crippen molar-refractivity contribution < 1.29 is 14.3 Å². The van der Waals surface area contributed by atoms with E-state index in [9.17, 15) is 4.79 Å². The molecule has 0 aliphatic carbocycles. The monoisotopic (exact) mass is 400 g/mol. The molecule has 2 N–H and O–H groups in total. The number of hydrogen-bond donors (Lipinski definition) is 2. The summed E-state index contributed by atoms with van der Waals surface area (Å²) in [6.07, 6.45) is 1.44. The first-order chi connectivity index (χ1) is 13.6. The Morgan fingerprint density at radius 3 is 2.68 bits per heavy atom. The number of aromatic nitrogens is 5. The van der Waals surface area contributed by atoms with Crippen molar-refractivity contribution in [2.24, 2.45) is 0 Å². The first-order valence-corrected chi connectivity index (χ1v) is 9.64. The van der Waals surface area contributed by atoms with Crippen molar-refractivity contribution in [2.45, 2.75) is 19.0 Å². The zero-order valence-electron chi connectivity index (χ0n) is 15.7. The van der Waals surface area contributed by atoms with E-state index in [1.165, 1.54) is 18.0 Å². The largest absolute Gasteiger partial charge is 0.497 e. The summed E-state index contributed by atoms with van der Waals surface area (Å²) in [5.41, 5.74) is 0.985. The topological polar surface area (TPSA) is 115 Å². The number of nitrogens with one attached hydrogen (secondary N) is 2. The smallest absolute Gasteiger partial charge is 0.343 e. The molecule has 0 fully saturated rings. The van der Waals surface area contributed by atoms with Crippen LogP contribution in [0.1, 0.15) is 24.2 Å². The van der Waals surface area contributed by atoms with Crippen molar-refractivity contribution in [3.8, 4) is 17.1 Å². The van der Waals surface area contributed by atoms with E-state index in [0.29, 0.717) is 16.9 Å². The molecule has 0 aliphatic heterocycles. The lowest BCUT2D eigenvalue weighted by Crippen LogP contribution is -2.11. The predicted octanol–water partition coefficient (Wildman–Crippen LogP) is 3.30. The second-order valence-corrected chi connectivity index (χ2v) is 6.66. The lowest BCUT2D eigenvalue weighted by molar-refractivity contribution is 0.0526. The fourth-order valence-electron chi connectivity index (χ4n) is 2.32. The van der Waals surface area contributed by atoms with E-state index in [4.69, 9.17) is 9.47 Å². The number of anilines is 2. The summed E-state index contributed by atoms with van der Waals surface area (Å²) in [6, 6.07) is 7.31. The fraction of sp³-hybridized carbons (Fsp3) is 0.278. The summed E-state index contributed by atoms with van der Waals surface area (Å²) in [6.45, 7) is 4.00. The lowest BCUT2D eigenvalue weighted by Gasteiger charge is -2.10. The highest BCUT2D eigenvalue weighted by molar-refractivity contribution is 7.99. The van der Waals surface area contributed by atoms with Gasteiger partial charge in [0.05, 0.1) is 13.7 Å². The second-order valence-electron chi connectivity index (χ2n) is 5.43. The van der Waals surface area contributed by atoms with E-state index in [1.807, 2.05) is 31.2 Å². The highest BCUT2D eigenvalue weighted by Crippen LogP contribution is 2.24. The number of benzene rings is 1. The molecule has 3 aromatic rings. The van der Waals surface area contributed by atoms with Crippen LogP contribution in [-0.4, -0.2) is 50.6 Å². The molecule has 0 radical (unpaired) electrons. The molecule has 146 valence electrons. The van der Waals surface area contributed by atoms with Crippen molar-refractivity contribution in [1.82, 2.24) is 25.1 Å². The molecule has 0 aliphatic rings. The molecular formula is C18H20N6O3S. The Morgan fingerprint density at radius 1 is 1.21 bits per heavy atom. The van der Waals surface area contributed by atoms with Gasteiger partial charge >= 0.3 is 5.97 Å². The summed E-state index contributed by atoms with van der Waals surface area (Å²) >= 11 is 1.50. The minimum atomic E-state index is -0.519. The normalized spacial score (nSPS) is 10.5. The summed E-state index contributed by atoms with van der Waals surface area (Å²) in [5, 5.41) is 10.5.